The molecule has 0 aromatic heterocycles. The van der Waals surface area contributed by atoms with E-state index < -0.39 is 0 Å². The Morgan fingerprint density at radius 1 is 0.577 bits per heavy atom. The summed E-state index contributed by atoms with van der Waals surface area (Å²) in [7, 11) is 0. The highest BCUT2D eigenvalue weighted by molar-refractivity contribution is 5.18. The quantitative estimate of drug-likeness (QED) is 0.561. The van der Waals surface area contributed by atoms with Crippen molar-refractivity contribution in [3.8, 4) is 5.75 Å². The van der Waals surface area contributed by atoms with Crippen LogP contribution in [0.25, 0.3) is 0 Å². The van der Waals surface area contributed by atoms with Gasteiger partial charge in [0.2, 0.25) is 0 Å². The van der Waals surface area contributed by atoms with Crippen LogP contribution in [-0.2, 0) is 18.0 Å². The van der Waals surface area contributed by atoms with Crippen molar-refractivity contribution in [1.29, 1.82) is 0 Å². The SMILES string of the molecule is CCCC.Oc1ccccc1.c1ccc(COCc2ccccc2)cc1. The third kappa shape index (κ3) is 11.1. The second-order valence-corrected chi connectivity index (χ2v) is 5.80. The molecule has 0 bridgehead atoms. The Bertz CT molecular complexity index is 610. The molecule has 2 heteroatoms. The molecule has 0 heterocycles. The molecule has 0 unspecified atom stereocenters. The molecule has 0 aliphatic carbocycles. The Balaban J connectivity index is 0.000000255. The summed E-state index contributed by atoms with van der Waals surface area (Å²) in [5.74, 6) is 0.322. The fraction of sp³-hybridized carbons (Fsp3) is 0.250. The maximum Gasteiger partial charge on any atom is 0.115 e. The highest BCUT2D eigenvalue weighted by Crippen LogP contribution is 2.05. The van der Waals surface area contributed by atoms with Crippen LogP contribution < -0.4 is 0 Å². The molecule has 0 fully saturated rings. The summed E-state index contributed by atoms with van der Waals surface area (Å²) in [4.78, 5) is 0. The van der Waals surface area contributed by atoms with E-state index in [4.69, 9.17) is 9.84 Å². The molecule has 0 radical (unpaired) electrons. The molecule has 0 atom stereocenters. The number of rotatable bonds is 5. The molecule has 0 aliphatic heterocycles. The van der Waals surface area contributed by atoms with Gasteiger partial charge >= 0.3 is 0 Å². The molecule has 0 aliphatic rings. The van der Waals surface area contributed by atoms with Crippen LogP contribution in [0.4, 0.5) is 0 Å². The minimum atomic E-state index is 0.322. The van der Waals surface area contributed by atoms with E-state index in [9.17, 15) is 0 Å². The lowest BCUT2D eigenvalue weighted by atomic mass is 10.2. The molecule has 0 saturated carbocycles. The van der Waals surface area contributed by atoms with Crippen LogP contribution in [0.2, 0.25) is 0 Å². The summed E-state index contributed by atoms with van der Waals surface area (Å²) in [5, 5.41) is 8.63. The molecule has 138 valence electrons. The maximum absolute atomic E-state index is 8.63. The van der Waals surface area contributed by atoms with Crippen molar-refractivity contribution in [2.45, 2.75) is 39.9 Å². The zero-order valence-electron chi connectivity index (χ0n) is 15.8. The zero-order valence-corrected chi connectivity index (χ0v) is 15.8. The van der Waals surface area contributed by atoms with Gasteiger partial charge in [-0.1, -0.05) is 106 Å². The van der Waals surface area contributed by atoms with Crippen molar-refractivity contribution in [3.63, 3.8) is 0 Å². The van der Waals surface area contributed by atoms with Gasteiger partial charge in [0.1, 0.15) is 5.75 Å². The molecular weight excluding hydrogens is 320 g/mol. The van der Waals surface area contributed by atoms with Crippen molar-refractivity contribution in [1.82, 2.24) is 0 Å². The third-order valence-corrected chi connectivity index (χ3v) is 3.48. The molecule has 3 aromatic rings. The van der Waals surface area contributed by atoms with E-state index in [2.05, 4.69) is 38.1 Å². The zero-order chi connectivity index (χ0) is 18.9. The Hall–Kier alpha value is -2.58. The van der Waals surface area contributed by atoms with Crippen molar-refractivity contribution >= 4 is 0 Å². The van der Waals surface area contributed by atoms with Gasteiger partial charge < -0.3 is 9.84 Å². The first-order chi connectivity index (χ1) is 12.8. The van der Waals surface area contributed by atoms with Gasteiger partial charge in [0.25, 0.3) is 0 Å². The predicted octanol–water partition coefficient (Wildman–Crippen LogP) is 6.60. The molecule has 0 spiro atoms. The summed E-state index contributed by atoms with van der Waals surface area (Å²) in [6.45, 7) is 5.71. The van der Waals surface area contributed by atoms with Crippen LogP contribution in [0.1, 0.15) is 37.8 Å². The smallest absolute Gasteiger partial charge is 0.115 e. The predicted molar refractivity (Wildman–Crippen MR) is 110 cm³/mol. The van der Waals surface area contributed by atoms with Gasteiger partial charge in [0.15, 0.2) is 0 Å². The molecule has 0 amide bonds. The summed E-state index contributed by atoms with van der Waals surface area (Å²) in [5.41, 5.74) is 2.43. The fourth-order valence-electron chi connectivity index (χ4n) is 1.86. The normalized spacial score (nSPS) is 9.31. The number of hydrogen-bond donors (Lipinski definition) is 1. The Morgan fingerprint density at radius 3 is 1.19 bits per heavy atom. The molecule has 0 saturated heterocycles. The first kappa shape index (κ1) is 21.5. The van der Waals surface area contributed by atoms with Crippen molar-refractivity contribution in [3.05, 3.63) is 102 Å². The van der Waals surface area contributed by atoms with Crippen LogP contribution >= 0.6 is 0 Å². The van der Waals surface area contributed by atoms with Crippen molar-refractivity contribution in [2.24, 2.45) is 0 Å². The maximum atomic E-state index is 8.63. The van der Waals surface area contributed by atoms with Gasteiger partial charge in [-0.3, -0.25) is 0 Å². The van der Waals surface area contributed by atoms with Crippen LogP contribution in [0.3, 0.4) is 0 Å². The highest BCUT2D eigenvalue weighted by atomic mass is 16.5. The number of benzene rings is 3. The Morgan fingerprint density at radius 2 is 0.923 bits per heavy atom. The van der Waals surface area contributed by atoms with Crippen LogP contribution in [0.5, 0.6) is 5.75 Å². The van der Waals surface area contributed by atoms with Gasteiger partial charge in [0, 0.05) is 0 Å². The number of hydrogen-bond acceptors (Lipinski definition) is 2. The number of aromatic hydroxyl groups is 1. The summed E-state index contributed by atoms with van der Waals surface area (Å²) in [6.07, 6.45) is 2.64. The minimum absolute atomic E-state index is 0.322. The first-order valence-electron chi connectivity index (χ1n) is 9.15. The van der Waals surface area contributed by atoms with Gasteiger partial charge in [-0.25, -0.2) is 0 Å². The van der Waals surface area contributed by atoms with Crippen LogP contribution in [0, 0.1) is 0 Å². The molecule has 26 heavy (non-hydrogen) atoms. The highest BCUT2D eigenvalue weighted by Gasteiger charge is 1.93. The van der Waals surface area contributed by atoms with E-state index in [0.717, 1.165) is 0 Å². The van der Waals surface area contributed by atoms with Gasteiger partial charge in [-0.2, -0.15) is 0 Å². The van der Waals surface area contributed by atoms with Gasteiger partial charge in [-0.05, 0) is 23.3 Å². The monoisotopic (exact) mass is 350 g/mol. The average Bonchev–Trinajstić information content (AvgIpc) is 2.71. The van der Waals surface area contributed by atoms with E-state index >= 15 is 0 Å². The average molecular weight is 351 g/mol. The van der Waals surface area contributed by atoms with E-state index in [1.807, 2.05) is 42.5 Å². The lowest BCUT2D eigenvalue weighted by molar-refractivity contribution is 0.107. The molecule has 3 aromatic carbocycles. The lowest BCUT2D eigenvalue weighted by Gasteiger charge is -2.03. The van der Waals surface area contributed by atoms with Crippen molar-refractivity contribution < 1.29 is 9.84 Å². The summed E-state index contributed by atoms with van der Waals surface area (Å²) >= 11 is 0. The first-order valence-corrected chi connectivity index (χ1v) is 9.15. The van der Waals surface area contributed by atoms with E-state index in [-0.39, 0.29) is 0 Å². The van der Waals surface area contributed by atoms with Gasteiger partial charge in [0.05, 0.1) is 13.2 Å². The second kappa shape index (κ2) is 14.7. The van der Waals surface area contributed by atoms with Crippen LogP contribution in [-0.4, -0.2) is 5.11 Å². The lowest BCUT2D eigenvalue weighted by Crippen LogP contribution is -1.93. The Kier molecular flexibility index (Phi) is 12.2. The van der Waals surface area contributed by atoms with E-state index in [1.165, 1.54) is 24.0 Å². The minimum Gasteiger partial charge on any atom is -0.508 e. The second-order valence-electron chi connectivity index (χ2n) is 5.80. The topological polar surface area (TPSA) is 29.5 Å². The number of para-hydroxylation sites is 1. The van der Waals surface area contributed by atoms with Gasteiger partial charge in [-0.15, -0.1) is 0 Å². The van der Waals surface area contributed by atoms with E-state index in [0.29, 0.717) is 19.0 Å². The standard InChI is InChI=1S/C14H14O.C6H6O.C4H10/c1-3-7-13(8-4-1)11-15-12-14-9-5-2-6-10-14;7-6-4-2-1-3-5-6;1-3-4-2/h1-10H,11-12H2;1-5,7H;3-4H2,1-2H3. The number of ether oxygens (including phenoxy) is 1. The number of phenols is 1. The number of phenolic OH excluding ortho intramolecular Hbond substituents is 1. The molecule has 2 nitrogen and oxygen atoms in total. The summed E-state index contributed by atoms with van der Waals surface area (Å²) in [6, 6.07) is 29.2. The summed E-state index contributed by atoms with van der Waals surface area (Å²) < 4.78 is 5.61. The van der Waals surface area contributed by atoms with E-state index in [1.54, 1.807) is 24.3 Å². The fourth-order valence-corrected chi connectivity index (χ4v) is 1.86. The Labute approximate surface area is 158 Å². The largest absolute Gasteiger partial charge is 0.508 e. The van der Waals surface area contributed by atoms with Crippen LogP contribution in [0.15, 0.2) is 91.0 Å². The molecule has 1 N–H and O–H groups in total. The third-order valence-electron chi connectivity index (χ3n) is 3.48. The van der Waals surface area contributed by atoms with Crippen molar-refractivity contribution in [2.75, 3.05) is 0 Å². The number of unbranched alkanes of at least 4 members (excludes halogenated alkanes) is 1. The molecular formula is C24H30O2. The molecule has 3 rings (SSSR count).